The van der Waals surface area contributed by atoms with Crippen LogP contribution in [0.3, 0.4) is 0 Å². The first-order valence-corrected chi connectivity index (χ1v) is 12.7. The summed E-state index contributed by atoms with van der Waals surface area (Å²) in [5.74, 6) is 0.840. The van der Waals surface area contributed by atoms with Gasteiger partial charge >= 0.3 is 5.97 Å². The van der Waals surface area contributed by atoms with E-state index in [2.05, 4.69) is 11.0 Å². The van der Waals surface area contributed by atoms with Crippen LogP contribution in [0.25, 0.3) is 0 Å². The predicted octanol–water partition coefficient (Wildman–Crippen LogP) is 4.27. The molecule has 34 heavy (non-hydrogen) atoms. The summed E-state index contributed by atoms with van der Waals surface area (Å²) in [5.41, 5.74) is 3.19. The summed E-state index contributed by atoms with van der Waals surface area (Å²) in [6, 6.07) is 11.3. The molecule has 4 atom stereocenters. The van der Waals surface area contributed by atoms with E-state index < -0.39 is 5.97 Å². The smallest absolute Gasteiger partial charge is 0.335 e. The summed E-state index contributed by atoms with van der Waals surface area (Å²) in [6.07, 6.45) is 7.62. The first-order chi connectivity index (χ1) is 16.5. The maximum atomic E-state index is 11.3. The van der Waals surface area contributed by atoms with Crippen LogP contribution in [0.1, 0.15) is 65.6 Å². The van der Waals surface area contributed by atoms with Crippen LogP contribution in [0.15, 0.2) is 36.4 Å². The number of carboxylic acids is 1. The molecular weight excluding hydrogens is 430 g/mol. The van der Waals surface area contributed by atoms with E-state index >= 15 is 0 Å². The van der Waals surface area contributed by atoms with Gasteiger partial charge in [-0.25, -0.2) is 4.79 Å². The first-order valence-electron chi connectivity index (χ1n) is 12.7. The van der Waals surface area contributed by atoms with Gasteiger partial charge in [-0.05, 0) is 86.7 Å². The molecule has 1 spiro atoms. The summed E-state index contributed by atoms with van der Waals surface area (Å²) in [5, 5.41) is 20.0. The van der Waals surface area contributed by atoms with Crippen molar-refractivity contribution in [2.75, 3.05) is 13.1 Å². The second-order valence-corrected chi connectivity index (χ2v) is 11.0. The quantitative estimate of drug-likeness (QED) is 0.669. The predicted molar refractivity (Wildman–Crippen MR) is 125 cm³/mol. The molecule has 6 heteroatoms. The Bertz CT molecular complexity index is 1160. The molecule has 3 fully saturated rings. The molecule has 0 radical (unpaired) electrons. The van der Waals surface area contributed by atoms with Gasteiger partial charge in [-0.2, -0.15) is 0 Å². The fourth-order valence-electron chi connectivity index (χ4n) is 7.70. The number of phenolic OH excluding ortho intramolecular Hbond substituents is 1. The number of aromatic hydroxyl groups is 1. The van der Waals surface area contributed by atoms with Crippen molar-refractivity contribution in [1.82, 2.24) is 4.90 Å². The maximum absolute atomic E-state index is 11.3. The minimum absolute atomic E-state index is 0.0311. The minimum atomic E-state index is -0.912. The van der Waals surface area contributed by atoms with E-state index in [1.165, 1.54) is 24.0 Å². The van der Waals surface area contributed by atoms with Crippen molar-refractivity contribution in [3.63, 3.8) is 0 Å². The molecule has 2 saturated carbocycles. The lowest BCUT2D eigenvalue weighted by Crippen LogP contribution is -2.76. The molecule has 3 aliphatic carbocycles. The van der Waals surface area contributed by atoms with Crippen molar-refractivity contribution in [3.8, 4) is 11.5 Å². The van der Waals surface area contributed by atoms with Crippen molar-refractivity contribution < 1.29 is 24.5 Å². The third kappa shape index (κ3) is 2.73. The van der Waals surface area contributed by atoms with Gasteiger partial charge < -0.3 is 19.7 Å². The number of aromatic carboxylic acids is 1. The number of carbonyl (C=O) groups is 1. The fraction of sp³-hybridized carbons (Fsp3) is 0.536. The van der Waals surface area contributed by atoms with Crippen molar-refractivity contribution in [2.24, 2.45) is 5.92 Å². The summed E-state index contributed by atoms with van der Waals surface area (Å²) >= 11 is 0. The molecule has 1 saturated heterocycles. The Morgan fingerprint density at radius 2 is 1.94 bits per heavy atom. The summed E-state index contributed by atoms with van der Waals surface area (Å²) in [6.45, 7) is 2.64. The molecule has 2 aliphatic heterocycles. The van der Waals surface area contributed by atoms with Crippen molar-refractivity contribution in [2.45, 2.75) is 74.7 Å². The van der Waals surface area contributed by atoms with Gasteiger partial charge in [0.15, 0.2) is 11.5 Å². The Labute approximate surface area is 199 Å². The number of rotatable bonds is 6. The highest BCUT2D eigenvalue weighted by Gasteiger charge is 2.72. The van der Waals surface area contributed by atoms with Gasteiger partial charge in [-0.3, -0.25) is 4.90 Å². The van der Waals surface area contributed by atoms with Gasteiger partial charge in [0.1, 0.15) is 6.10 Å². The van der Waals surface area contributed by atoms with Crippen LogP contribution in [-0.4, -0.2) is 51.9 Å². The van der Waals surface area contributed by atoms with E-state index in [4.69, 9.17) is 9.47 Å². The Hall–Kier alpha value is -2.57. The van der Waals surface area contributed by atoms with Gasteiger partial charge in [-0.15, -0.1) is 0 Å². The van der Waals surface area contributed by atoms with Crippen LogP contribution in [0.2, 0.25) is 0 Å². The molecule has 178 valence electrons. The lowest BCUT2D eigenvalue weighted by Gasteiger charge is -2.65. The fourth-order valence-corrected chi connectivity index (χ4v) is 7.70. The number of likely N-dealkylation sites (tertiary alicyclic amines) is 1. The van der Waals surface area contributed by atoms with E-state index in [9.17, 15) is 15.0 Å². The average Bonchev–Trinajstić information content (AvgIpc) is 3.59. The van der Waals surface area contributed by atoms with Gasteiger partial charge in [0.05, 0.1) is 23.2 Å². The zero-order chi connectivity index (χ0) is 23.1. The van der Waals surface area contributed by atoms with E-state index in [-0.39, 0.29) is 28.9 Å². The number of carboxylic acid groups (broad SMARTS) is 1. The summed E-state index contributed by atoms with van der Waals surface area (Å²) in [4.78, 5) is 14.0. The third-order valence-electron chi connectivity index (χ3n) is 9.32. The molecule has 5 aliphatic rings. The van der Waals surface area contributed by atoms with Gasteiger partial charge in [0, 0.05) is 18.2 Å². The molecule has 2 aromatic rings. The number of nitrogens with zero attached hydrogens (tertiary/aromatic N) is 1. The van der Waals surface area contributed by atoms with E-state index in [0.29, 0.717) is 17.9 Å². The number of hydrogen-bond donors (Lipinski definition) is 2. The van der Waals surface area contributed by atoms with Crippen LogP contribution in [0.5, 0.6) is 11.5 Å². The SMILES string of the molecule is O=C(O)c1ccc(CO[C@@]23CCC[C@@H]4Oc5c(O)ccc6c5C42CCN(CC2CC2)[C@@H]3C6)cc1. The topological polar surface area (TPSA) is 79.2 Å². The molecule has 2 heterocycles. The molecule has 2 aromatic carbocycles. The highest BCUT2D eigenvalue weighted by Crippen LogP contribution is 2.66. The standard InChI is InChI=1S/C28H31NO5/c30-21-10-9-20-14-22-28(33-16-18-5-7-19(8-6-18)26(31)32)11-1-2-23-27(28,24(20)25(21)34-23)12-13-29(22)15-17-3-4-17/h5-10,17,22-23,30H,1-4,11-16H2,(H,31,32)/t22-,23+,27?,28-/m1/s1. The normalized spacial score (nSPS) is 33.3. The van der Waals surface area contributed by atoms with Crippen LogP contribution in [0.4, 0.5) is 0 Å². The Morgan fingerprint density at radius 3 is 2.71 bits per heavy atom. The Kier molecular flexibility index (Phi) is 4.41. The molecule has 1 unspecified atom stereocenters. The van der Waals surface area contributed by atoms with Crippen molar-refractivity contribution in [3.05, 3.63) is 58.7 Å². The molecule has 6 nitrogen and oxygen atoms in total. The molecule has 2 N–H and O–H groups in total. The lowest BCUT2D eigenvalue weighted by molar-refractivity contribution is -0.221. The van der Waals surface area contributed by atoms with E-state index in [1.807, 2.05) is 12.1 Å². The van der Waals surface area contributed by atoms with Crippen LogP contribution in [-0.2, 0) is 23.2 Å². The average molecular weight is 462 g/mol. The molecule has 7 rings (SSSR count). The second kappa shape index (κ2) is 7.22. The number of benzene rings is 2. The van der Waals surface area contributed by atoms with Crippen molar-refractivity contribution in [1.29, 1.82) is 0 Å². The summed E-state index contributed by atoms with van der Waals surface area (Å²) in [7, 11) is 0. The molecule has 2 bridgehead atoms. The van der Waals surface area contributed by atoms with E-state index in [0.717, 1.165) is 56.7 Å². The highest BCUT2D eigenvalue weighted by atomic mass is 16.5. The van der Waals surface area contributed by atoms with Crippen molar-refractivity contribution >= 4 is 5.97 Å². The Balaban J connectivity index is 1.32. The highest BCUT2D eigenvalue weighted by molar-refractivity contribution is 5.87. The minimum Gasteiger partial charge on any atom is -0.504 e. The third-order valence-corrected chi connectivity index (χ3v) is 9.32. The van der Waals surface area contributed by atoms with Crippen LogP contribution in [0, 0.1) is 5.92 Å². The monoisotopic (exact) mass is 461 g/mol. The summed E-state index contributed by atoms with van der Waals surface area (Å²) < 4.78 is 13.6. The number of phenols is 1. The molecular formula is C28H31NO5. The van der Waals surface area contributed by atoms with Gasteiger partial charge in [0.2, 0.25) is 0 Å². The number of piperidine rings is 1. The largest absolute Gasteiger partial charge is 0.504 e. The number of hydrogen-bond acceptors (Lipinski definition) is 5. The van der Waals surface area contributed by atoms with Gasteiger partial charge in [0.25, 0.3) is 0 Å². The van der Waals surface area contributed by atoms with Crippen LogP contribution >= 0.6 is 0 Å². The zero-order valence-corrected chi connectivity index (χ0v) is 19.3. The maximum Gasteiger partial charge on any atom is 0.335 e. The van der Waals surface area contributed by atoms with Gasteiger partial charge in [-0.1, -0.05) is 18.2 Å². The first kappa shape index (κ1) is 20.8. The van der Waals surface area contributed by atoms with Crippen LogP contribution < -0.4 is 4.74 Å². The van der Waals surface area contributed by atoms with E-state index in [1.54, 1.807) is 18.2 Å². The zero-order valence-electron chi connectivity index (χ0n) is 19.3. The molecule has 0 aromatic heterocycles. The Morgan fingerprint density at radius 1 is 1.12 bits per heavy atom. The lowest BCUT2D eigenvalue weighted by atomic mass is 9.49. The molecule has 0 amide bonds. The second-order valence-electron chi connectivity index (χ2n) is 11.0. The number of ether oxygens (including phenoxy) is 2.